The summed E-state index contributed by atoms with van der Waals surface area (Å²) >= 11 is 1.85. The van der Waals surface area contributed by atoms with Crippen molar-refractivity contribution in [3.05, 3.63) is 40.4 Å². The molecule has 0 saturated heterocycles. The van der Waals surface area contributed by atoms with Gasteiger partial charge in [-0.1, -0.05) is 24.6 Å². The van der Waals surface area contributed by atoms with Crippen LogP contribution in [0.15, 0.2) is 24.3 Å². The number of nitrogens with zero attached hydrogens (tertiary/aromatic N) is 2. The van der Waals surface area contributed by atoms with Gasteiger partial charge >= 0.3 is 0 Å². The second-order valence-electron chi connectivity index (χ2n) is 5.70. The van der Waals surface area contributed by atoms with Gasteiger partial charge in [-0.3, -0.25) is 0 Å². The highest BCUT2D eigenvalue weighted by molar-refractivity contribution is 7.15. The van der Waals surface area contributed by atoms with E-state index in [0.717, 1.165) is 11.7 Å². The molecule has 2 aromatic rings. The number of nitrogens with one attached hydrogen (secondary N) is 1. The highest BCUT2D eigenvalue weighted by Gasteiger charge is 2.25. The zero-order valence-electron chi connectivity index (χ0n) is 13.0. The summed E-state index contributed by atoms with van der Waals surface area (Å²) in [4.78, 5) is 8.59. The first-order valence-corrected chi connectivity index (χ1v) is 8.54. The van der Waals surface area contributed by atoms with E-state index in [4.69, 9.17) is 4.98 Å². The number of anilines is 2. The van der Waals surface area contributed by atoms with Crippen molar-refractivity contribution in [1.29, 1.82) is 0 Å². The number of aryl methyl sites for hydroxylation is 2. The number of aromatic nitrogens is 1. The van der Waals surface area contributed by atoms with Crippen LogP contribution in [0.4, 0.5) is 10.8 Å². The summed E-state index contributed by atoms with van der Waals surface area (Å²) in [6, 6.07) is 9.08. The van der Waals surface area contributed by atoms with E-state index in [-0.39, 0.29) is 0 Å². The van der Waals surface area contributed by atoms with Crippen LogP contribution in [0.2, 0.25) is 0 Å². The van der Waals surface area contributed by atoms with Crippen LogP contribution in [-0.2, 0) is 6.42 Å². The molecule has 1 aliphatic rings. The maximum atomic E-state index is 4.93. The largest absolute Gasteiger partial charge is 0.321 e. The smallest absolute Gasteiger partial charge is 0.190 e. The van der Waals surface area contributed by atoms with Crippen molar-refractivity contribution in [2.45, 2.75) is 39.2 Å². The topological polar surface area (TPSA) is 28.2 Å². The van der Waals surface area contributed by atoms with Crippen molar-refractivity contribution in [3.63, 3.8) is 0 Å². The van der Waals surface area contributed by atoms with Crippen LogP contribution in [0.3, 0.4) is 0 Å². The fourth-order valence-electron chi connectivity index (χ4n) is 2.87. The van der Waals surface area contributed by atoms with Gasteiger partial charge in [0.1, 0.15) is 0 Å². The van der Waals surface area contributed by atoms with Gasteiger partial charge in [-0.25, -0.2) is 4.98 Å². The Hall–Kier alpha value is -1.39. The predicted octanol–water partition coefficient (Wildman–Crippen LogP) is 4.21. The third-order valence-electron chi connectivity index (χ3n) is 4.10. The first-order chi connectivity index (χ1) is 10.2. The molecule has 1 heterocycles. The van der Waals surface area contributed by atoms with Gasteiger partial charge in [0, 0.05) is 17.6 Å². The Bertz CT molecular complexity index is 603. The Labute approximate surface area is 131 Å². The lowest BCUT2D eigenvalue weighted by Gasteiger charge is -2.21. The lowest BCUT2D eigenvalue weighted by Crippen LogP contribution is -2.24. The first kappa shape index (κ1) is 14.5. The van der Waals surface area contributed by atoms with Crippen LogP contribution in [0.1, 0.15) is 41.9 Å². The minimum atomic E-state index is 0.440. The van der Waals surface area contributed by atoms with Gasteiger partial charge in [0.25, 0.3) is 0 Å². The second-order valence-corrected chi connectivity index (χ2v) is 6.76. The van der Waals surface area contributed by atoms with Crippen molar-refractivity contribution in [2.24, 2.45) is 0 Å². The highest BCUT2D eigenvalue weighted by atomic mass is 32.1. The van der Waals surface area contributed by atoms with Crippen molar-refractivity contribution >= 4 is 22.2 Å². The zero-order chi connectivity index (χ0) is 14.8. The van der Waals surface area contributed by atoms with Gasteiger partial charge in [0.2, 0.25) is 0 Å². The maximum absolute atomic E-state index is 4.93. The first-order valence-electron chi connectivity index (χ1n) is 7.72. The summed E-state index contributed by atoms with van der Waals surface area (Å²) in [5.41, 5.74) is 3.77. The SMILES string of the molecule is CCNC1CCCc2sc(N(C)c3ccc(C)cc3)nc21. The predicted molar refractivity (Wildman–Crippen MR) is 90.7 cm³/mol. The average molecular weight is 301 g/mol. The van der Waals surface area contributed by atoms with Crippen LogP contribution in [0.25, 0.3) is 0 Å². The van der Waals surface area contributed by atoms with E-state index in [1.165, 1.54) is 41.1 Å². The molecule has 0 saturated carbocycles. The standard InChI is InChI=1S/C17H23N3S/c1-4-18-14-6-5-7-15-16(14)19-17(21-15)20(3)13-10-8-12(2)9-11-13/h8-11,14,18H,4-7H2,1-3H3. The van der Waals surface area contributed by atoms with Crippen molar-refractivity contribution < 1.29 is 0 Å². The molecule has 21 heavy (non-hydrogen) atoms. The van der Waals surface area contributed by atoms with E-state index in [2.05, 4.69) is 55.4 Å². The lowest BCUT2D eigenvalue weighted by molar-refractivity contribution is 0.465. The van der Waals surface area contributed by atoms with Gasteiger partial charge < -0.3 is 10.2 Å². The Morgan fingerprint density at radius 3 is 2.81 bits per heavy atom. The molecule has 0 radical (unpaired) electrons. The Morgan fingerprint density at radius 2 is 2.10 bits per heavy atom. The molecule has 1 N–H and O–H groups in total. The number of benzene rings is 1. The summed E-state index contributed by atoms with van der Waals surface area (Å²) < 4.78 is 0. The fourth-order valence-corrected chi connectivity index (χ4v) is 4.02. The van der Waals surface area contributed by atoms with Crippen LogP contribution in [-0.4, -0.2) is 18.6 Å². The van der Waals surface area contributed by atoms with Gasteiger partial charge in [-0.2, -0.15) is 0 Å². The van der Waals surface area contributed by atoms with E-state index < -0.39 is 0 Å². The van der Waals surface area contributed by atoms with Crippen molar-refractivity contribution in [3.8, 4) is 0 Å². The van der Waals surface area contributed by atoms with Gasteiger partial charge in [0.05, 0.1) is 11.7 Å². The molecule has 1 aromatic carbocycles. The minimum Gasteiger partial charge on any atom is -0.321 e. The van der Waals surface area contributed by atoms with Gasteiger partial charge in [-0.05, 0) is 44.9 Å². The summed E-state index contributed by atoms with van der Waals surface area (Å²) in [6.45, 7) is 5.29. The number of hydrogen-bond acceptors (Lipinski definition) is 4. The van der Waals surface area contributed by atoms with Crippen LogP contribution >= 0.6 is 11.3 Å². The molecule has 112 valence electrons. The molecule has 0 fully saturated rings. The fraction of sp³-hybridized carbons (Fsp3) is 0.471. The van der Waals surface area contributed by atoms with Gasteiger partial charge in [-0.15, -0.1) is 11.3 Å². The molecule has 1 aliphatic carbocycles. The van der Waals surface area contributed by atoms with E-state index in [9.17, 15) is 0 Å². The number of rotatable bonds is 4. The quantitative estimate of drug-likeness (QED) is 0.917. The molecule has 1 unspecified atom stereocenters. The summed E-state index contributed by atoms with van der Waals surface area (Å²) in [5.74, 6) is 0. The summed E-state index contributed by atoms with van der Waals surface area (Å²) in [5, 5.41) is 4.67. The third kappa shape index (κ3) is 2.97. The molecular weight excluding hydrogens is 278 g/mol. The zero-order valence-corrected chi connectivity index (χ0v) is 13.8. The van der Waals surface area contributed by atoms with Crippen molar-refractivity contribution in [2.75, 3.05) is 18.5 Å². The monoisotopic (exact) mass is 301 g/mol. The molecule has 3 nitrogen and oxygen atoms in total. The van der Waals surface area contributed by atoms with Crippen LogP contribution in [0, 0.1) is 6.92 Å². The molecular formula is C17H23N3S. The lowest BCUT2D eigenvalue weighted by atomic mass is 9.98. The molecule has 0 amide bonds. The Kier molecular flexibility index (Phi) is 4.27. The van der Waals surface area contributed by atoms with E-state index in [0.29, 0.717) is 6.04 Å². The molecule has 0 bridgehead atoms. The van der Waals surface area contributed by atoms with Gasteiger partial charge in [0.15, 0.2) is 5.13 Å². The highest BCUT2D eigenvalue weighted by Crippen LogP contribution is 2.38. The Morgan fingerprint density at radius 1 is 1.33 bits per heavy atom. The molecule has 4 heteroatoms. The molecule has 3 rings (SSSR count). The molecule has 0 spiro atoms. The Balaban J connectivity index is 1.88. The maximum Gasteiger partial charge on any atom is 0.190 e. The van der Waals surface area contributed by atoms with Crippen LogP contribution < -0.4 is 10.2 Å². The molecule has 1 aromatic heterocycles. The number of thiazole rings is 1. The average Bonchev–Trinajstić information content (AvgIpc) is 2.93. The van der Waals surface area contributed by atoms with Crippen molar-refractivity contribution in [1.82, 2.24) is 10.3 Å². The van der Waals surface area contributed by atoms with Crippen LogP contribution in [0.5, 0.6) is 0 Å². The summed E-state index contributed by atoms with van der Waals surface area (Å²) in [6.07, 6.45) is 3.65. The minimum absolute atomic E-state index is 0.440. The number of hydrogen-bond donors (Lipinski definition) is 1. The third-order valence-corrected chi connectivity index (χ3v) is 5.31. The van der Waals surface area contributed by atoms with E-state index in [1.54, 1.807) is 0 Å². The number of fused-ring (bicyclic) bond motifs is 1. The van der Waals surface area contributed by atoms with E-state index >= 15 is 0 Å². The van der Waals surface area contributed by atoms with E-state index in [1.807, 2.05) is 11.3 Å². The summed E-state index contributed by atoms with van der Waals surface area (Å²) in [7, 11) is 2.11. The normalized spacial score (nSPS) is 17.6. The second kappa shape index (κ2) is 6.16. The molecule has 1 atom stereocenters. The molecule has 0 aliphatic heterocycles.